The second kappa shape index (κ2) is 6.51. The van der Waals surface area contributed by atoms with Gasteiger partial charge in [0.15, 0.2) is 15.0 Å². The number of thioether (sulfide) groups is 1. The van der Waals surface area contributed by atoms with Crippen molar-refractivity contribution in [3.8, 4) is 0 Å². The van der Waals surface area contributed by atoms with E-state index < -0.39 is 22.0 Å². The maximum absolute atomic E-state index is 11.4. The highest BCUT2D eigenvalue weighted by Gasteiger charge is 2.20. The zero-order chi connectivity index (χ0) is 14.6. The van der Waals surface area contributed by atoms with Crippen LogP contribution in [0.5, 0.6) is 0 Å². The Hall–Kier alpha value is -0.890. The number of sulfone groups is 1. The molecule has 0 spiro atoms. The Morgan fingerprint density at radius 2 is 2.00 bits per heavy atom. The molecule has 5 nitrogen and oxygen atoms in total. The van der Waals surface area contributed by atoms with E-state index in [9.17, 15) is 23.4 Å². The number of carbonyl (C=O) groups excluding carboxylic acids is 1. The third kappa shape index (κ3) is 4.94. The summed E-state index contributed by atoms with van der Waals surface area (Å²) >= 11 is 0.905. The molecule has 0 amide bonds. The van der Waals surface area contributed by atoms with E-state index in [1.807, 2.05) is 0 Å². The minimum atomic E-state index is -3.36. The number of benzene rings is 1. The van der Waals surface area contributed by atoms with Gasteiger partial charge in [-0.1, -0.05) is 23.9 Å². The molecule has 106 valence electrons. The van der Waals surface area contributed by atoms with Crippen molar-refractivity contribution in [2.45, 2.75) is 24.0 Å². The van der Waals surface area contributed by atoms with E-state index in [2.05, 4.69) is 0 Å². The summed E-state index contributed by atoms with van der Waals surface area (Å²) in [4.78, 5) is 10.9. The molecule has 0 aliphatic rings. The van der Waals surface area contributed by atoms with Crippen LogP contribution in [0.4, 0.5) is 0 Å². The van der Waals surface area contributed by atoms with Crippen molar-refractivity contribution in [3.63, 3.8) is 0 Å². The average Bonchev–Trinajstić information content (AvgIpc) is 2.34. The van der Waals surface area contributed by atoms with Crippen LogP contribution in [0.15, 0.2) is 29.2 Å². The summed E-state index contributed by atoms with van der Waals surface area (Å²) in [5, 5.41) is 19.5. The maximum Gasteiger partial charge on any atom is 0.185 e. The van der Waals surface area contributed by atoms with Gasteiger partial charge in [-0.05, 0) is 17.7 Å². The largest absolute Gasteiger partial charge is 0.389 e. The molecule has 2 N–H and O–H groups in total. The van der Waals surface area contributed by atoms with Crippen LogP contribution >= 0.6 is 11.8 Å². The lowest BCUT2D eigenvalue weighted by Gasteiger charge is -2.17. The summed E-state index contributed by atoms with van der Waals surface area (Å²) in [5.41, 5.74) is 0.305. The fourth-order valence-electron chi connectivity index (χ4n) is 1.45. The van der Waals surface area contributed by atoms with Crippen LogP contribution in [-0.4, -0.2) is 41.9 Å². The van der Waals surface area contributed by atoms with Crippen LogP contribution in [0, 0.1) is 0 Å². The molecule has 0 bridgehead atoms. The first-order valence-corrected chi connectivity index (χ1v) is 8.39. The summed E-state index contributed by atoms with van der Waals surface area (Å²) in [7, 11) is -3.36. The summed E-state index contributed by atoms with van der Waals surface area (Å²) in [6, 6.07) is 5.77. The van der Waals surface area contributed by atoms with Crippen LogP contribution in [0.2, 0.25) is 0 Å². The molecule has 0 aromatic heterocycles. The van der Waals surface area contributed by atoms with Gasteiger partial charge in [-0.2, -0.15) is 0 Å². The van der Waals surface area contributed by atoms with Crippen LogP contribution in [-0.2, 0) is 14.6 Å². The molecule has 1 aromatic rings. The minimum Gasteiger partial charge on any atom is -0.389 e. The van der Waals surface area contributed by atoms with E-state index in [1.54, 1.807) is 0 Å². The zero-order valence-electron chi connectivity index (χ0n) is 10.6. The van der Waals surface area contributed by atoms with Crippen molar-refractivity contribution in [1.82, 2.24) is 0 Å². The molecule has 0 radical (unpaired) electrons. The van der Waals surface area contributed by atoms with Gasteiger partial charge in [0, 0.05) is 18.9 Å². The predicted octanol–water partition coefficient (Wildman–Crippen LogP) is 0.764. The van der Waals surface area contributed by atoms with E-state index in [4.69, 9.17) is 0 Å². The SMILES string of the molecule is CC(=O)SCC(O)C(O)c1cccc(S(C)(=O)=O)c1. The number of hydrogen-bond donors (Lipinski definition) is 2. The van der Waals surface area contributed by atoms with Gasteiger partial charge < -0.3 is 10.2 Å². The molecule has 7 heteroatoms. The summed E-state index contributed by atoms with van der Waals surface area (Å²) in [6.07, 6.45) is -1.29. The van der Waals surface area contributed by atoms with Gasteiger partial charge in [0.05, 0.1) is 11.0 Å². The second-order valence-electron chi connectivity index (χ2n) is 4.16. The zero-order valence-corrected chi connectivity index (χ0v) is 12.2. The van der Waals surface area contributed by atoms with Gasteiger partial charge in [0.25, 0.3) is 0 Å². The third-order valence-corrected chi connectivity index (χ3v) is 4.47. The number of aliphatic hydroxyl groups excluding tert-OH is 2. The lowest BCUT2D eigenvalue weighted by Crippen LogP contribution is -2.21. The number of hydrogen-bond acceptors (Lipinski definition) is 6. The second-order valence-corrected chi connectivity index (χ2v) is 7.37. The first-order valence-electron chi connectivity index (χ1n) is 5.51. The lowest BCUT2D eigenvalue weighted by atomic mass is 10.1. The fourth-order valence-corrected chi connectivity index (χ4v) is 2.71. The molecule has 0 aliphatic carbocycles. The summed E-state index contributed by atoms with van der Waals surface area (Å²) in [5.74, 6) is 0.0552. The Balaban J connectivity index is 2.88. The standard InChI is InChI=1S/C12H16O5S2/c1-8(13)18-7-11(14)12(15)9-4-3-5-10(6-9)19(2,16)17/h3-6,11-12,14-15H,7H2,1-2H3. The first kappa shape index (κ1) is 16.2. The molecule has 0 aliphatic heterocycles. The Kier molecular flexibility index (Phi) is 5.54. The van der Waals surface area contributed by atoms with Crippen molar-refractivity contribution in [3.05, 3.63) is 29.8 Å². The summed E-state index contributed by atoms with van der Waals surface area (Å²) < 4.78 is 22.8. The Bertz CT molecular complexity index is 553. The van der Waals surface area contributed by atoms with E-state index in [0.29, 0.717) is 5.56 Å². The molecule has 1 rings (SSSR count). The number of carbonyl (C=O) groups is 1. The van der Waals surface area contributed by atoms with Gasteiger partial charge in [-0.15, -0.1) is 0 Å². The lowest BCUT2D eigenvalue weighted by molar-refractivity contribution is -0.109. The molecule has 0 saturated heterocycles. The highest BCUT2D eigenvalue weighted by molar-refractivity contribution is 8.13. The topological polar surface area (TPSA) is 91.7 Å². The highest BCUT2D eigenvalue weighted by Crippen LogP contribution is 2.22. The molecule has 0 fully saturated rings. The van der Waals surface area contributed by atoms with Crippen LogP contribution < -0.4 is 0 Å². The van der Waals surface area contributed by atoms with E-state index in [1.165, 1.54) is 31.2 Å². The van der Waals surface area contributed by atoms with Crippen LogP contribution in [0.25, 0.3) is 0 Å². The molecule has 0 heterocycles. The Morgan fingerprint density at radius 1 is 1.37 bits per heavy atom. The molecule has 1 aromatic carbocycles. The minimum absolute atomic E-state index is 0.0552. The molecule has 0 saturated carbocycles. The van der Waals surface area contributed by atoms with Crippen molar-refractivity contribution in [1.29, 1.82) is 0 Å². The Morgan fingerprint density at radius 3 is 2.53 bits per heavy atom. The van der Waals surface area contributed by atoms with Gasteiger partial charge in [-0.25, -0.2) is 8.42 Å². The van der Waals surface area contributed by atoms with E-state index >= 15 is 0 Å². The summed E-state index contributed by atoms with van der Waals surface area (Å²) in [6.45, 7) is 1.37. The van der Waals surface area contributed by atoms with Crippen molar-refractivity contribution < 1.29 is 23.4 Å². The predicted molar refractivity (Wildman–Crippen MR) is 73.7 cm³/mol. The fraction of sp³-hybridized carbons (Fsp3) is 0.417. The van der Waals surface area contributed by atoms with Crippen molar-refractivity contribution in [2.75, 3.05) is 12.0 Å². The molecular weight excluding hydrogens is 288 g/mol. The van der Waals surface area contributed by atoms with Crippen molar-refractivity contribution in [2.24, 2.45) is 0 Å². The number of aliphatic hydroxyl groups is 2. The van der Waals surface area contributed by atoms with E-state index in [0.717, 1.165) is 18.0 Å². The van der Waals surface area contributed by atoms with Crippen molar-refractivity contribution >= 4 is 26.7 Å². The monoisotopic (exact) mass is 304 g/mol. The average molecular weight is 304 g/mol. The smallest absolute Gasteiger partial charge is 0.185 e. The third-order valence-electron chi connectivity index (χ3n) is 2.45. The van der Waals surface area contributed by atoms with Gasteiger partial charge in [-0.3, -0.25) is 4.79 Å². The van der Waals surface area contributed by atoms with E-state index in [-0.39, 0.29) is 15.8 Å². The molecule has 2 unspecified atom stereocenters. The molecule has 19 heavy (non-hydrogen) atoms. The number of rotatable bonds is 5. The highest BCUT2D eigenvalue weighted by atomic mass is 32.2. The maximum atomic E-state index is 11.4. The van der Waals surface area contributed by atoms with Crippen LogP contribution in [0.1, 0.15) is 18.6 Å². The van der Waals surface area contributed by atoms with Crippen LogP contribution in [0.3, 0.4) is 0 Å². The molecular formula is C12H16O5S2. The van der Waals surface area contributed by atoms with Gasteiger partial charge >= 0.3 is 0 Å². The Labute approximate surface area is 116 Å². The molecule has 2 atom stereocenters. The van der Waals surface area contributed by atoms with Gasteiger partial charge in [0.1, 0.15) is 6.10 Å². The van der Waals surface area contributed by atoms with Gasteiger partial charge in [0.2, 0.25) is 0 Å². The normalized spacial score (nSPS) is 14.9. The quantitative estimate of drug-likeness (QED) is 0.834. The first-order chi connectivity index (χ1) is 8.71.